The van der Waals surface area contributed by atoms with Gasteiger partial charge >= 0.3 is 5.97 Å². The number of rotatable bonds is 2. The van der Waals surface area contributed by atoms with Crippen LogP contribution in [0.1, 0.15) is 16.3 Å². The van der Waals surface area contributed by atoms with Gasteiger partial charge in [-0.2, -0.15) is 0 Å². The first-order chi connectivity index (χ1) is 6.68. The molecule has 0 atom stereocenters. The molecule has 0 spiro atoms. The van der Waals surface area contributed by atoms with Crippen LogP contribution >= 0.6 is 0 Å². The number of aromatic amines is 2. The smallest absolute Gasteiger partial charge is 0.354 e. The summed E-state index contributed by atoms with van der Waals surface area (Å²) in [6.07, 6.45) is 3.44. The van der Waals surface area contributed by atoms with E-state index in [0.29, 0.717) is 11.5 Å². The summed E-state index contributed by atoms with van der Waals surface area (Å²) < 4.78 is 0. The highest BCUT2D eigenvalue weighted by Gasteiger charge is 2.16. The monoisotopic (exact) mass is 191 g/mol. The number of imidazole rings is 1. The lowest BCUT2D eigenvalue weighted by Crippen LogP contribution is -1.98. The summed E-state index contributed by atoms with van der Waals surface area (Å²) in [4.78, 5) is 20.5. The number of nitrogens with one attached hydrogen (secondary N) is 2. The molecular weight excluding hydrogens is 182 g/mol. The van der Waals surface area contributed by atoms with Gasteiger partial charge in [0.25, 0.3) is 0 Å². The molecule has 0 amide bonds. The lowest BCUT2D eigenvalue weighted by atomic mass is 10.2. The number of aromatic nitrogens is 3. The van der Waals surface area contributed by atoms with Gasteiger partial charge in [0.2, 0.25) is 0 Å². The van der Waals surface area contributed by atoms with Crippen molar-refractivity contribution < 1.29 is 9.90 Å². The van der Waals surface area contributed by atoms with Crippen molar-refractivity contribution in [2.45, 2.75) is 6.92 Å². The average Bonchev–Trinajstić information content (AvgIpc) is 2.70. The molecule has 0 aliphatic carbocycles. The normalized spacial score (nSPS) is 10.4. The van der Waals surface area contributed by atoms with Crippen LogP contribution in [0.15, 0.2) is 18.5 Å². The molecule has 0 bridgehead atoms. The van der Waals surface area contributed by atoms with E-state index >= 15 is 0 Å². The van der Waals surface area contributed by atoms with Gasteiger partial charge in [-0.3, -0.25) is 0 Å². The third-order valence-electron chi connectivity index (χ3n) is 1.91. The standard InChI is InChI=1S/C9H9N3O2/c1-5-11-7(6-2-3-10-4-6)8(12-5)9(13)14/h2-4,10H,1H3,(H,11,12)(H,13,14). The number of hydrogen-bond donors (Lipinski definition) is 3. The Labute approximate surface area is 79.8 Å². The van der Waals surface area contributed by atoms with E-state index in [9.17, 15) is 4.79 Å². The number of carboxylic acids is 1. The van der Waals surface area contributed by atoms with Crippen molar-refractivity contribution in [2.75, 3.05) is 0 Å². The van der Waals surface area contributed by atoms with Gasteiger partial charge in [-0.25, -0.2) is 9.78 Å². The number of aromatic carboxylic acids is 1. The van der Waals surface area contributed by atoms with Gasteiger partial charge in [-0.05, 0) is 13.0 Å². The van der Waals surface area contributed by atoms with Crippen molar-refractivity contribution in [2.24, 2.45) is 0 Å². The van der Waals surface area contributed by atoms with Crippen LogP contribution in [-0.2, 0) is 0 Å². The van der Waals surface area contributed by atoms with E-state index in [4.69, 9.17) is 5.11 Å². The average molecular weight is 191 g/mol. The third kappa shape index (κ3) is 1.28. The number of carboxylic acid groups (broad SMARTS) is 1. The fourth-order valence-corrected chi connectivity index (χ4v) is 1.33. The van der Waals surface area contributed by atoms with E-state index in [-0.39, 0.29) is 5.69 Å². The lowest BCUT2D eigenvalue weighted by Gasteiger charge is -1.92. The number of aryl methyl sites for hydroxylation is 1. The molecule has 2 heterocycles. The van der Waals surface area contributed by atoms with Crippen molar-refractivity contribution in [1.82, 2.24) is 15.0 Å². The lowest BCUT2D eigenvalue weighted by molar-refractivity contribution is 0.0692. The summed E-state index contributed by atoms with van der Waals surface area (Å²) in [5, 5.41) is 8.90. The Morgan fingerprint density at radius 1 is 1.57 bits per heavy atom. The quantitative estimate of drug-likeness (QED) is 0.671. The molecule has 0 aliphatic heterocycles. The summed E-state index contributed by atoms with van der Waals surface area (Å²) >= 11 is 0. The molecule has 2 rings (SSSR count). The highest BCUT2D eigenvalue weighted by atomic mass is 16.4. The molecule has 0 saturated heterocycles. The van der Waals surface area contributed by atoms with Crippen LogP contribution in [0.2, 0.25) is 0 Å². The van der Waals surface area contributed by atoms with Gasteiger partial charge in [0, 0.05) is 18.0 Å². The molecule has 0 unspecified atom stereocenters. The van der Waals surface area contributed by atoms with E-state index in [1.54, 1.807) is 25.4 Å². The Balaban J connectivity index is 2.58. The molecule has 2 aromatic rings. The van der Waals surface area contributed by atoms with Gasteiger partial charge in [0.05, 0.1) is 0 Å². The second-order valence-corrected chi connectivity index (χ2v) is 2.95. The summed E-state index contributed by atoms with van der Waals surface area (Å²) in [5.41, 5.74) is 1.37. The summed E-state index contributed by atoms with van der Waals surface area (Å²) in [7, 11) is 0. The summed E-state index contributed by atoms with van der Waals surface area (Å²) in [5.74, 6) is -0.402. The highest BCUT2D eigenvalue weighted by Crippen LogP contribution is 2.20. The fraction of sp³-hybridized carbons (Fsp3) is 0.111. The SMILES string of the molecule is Cc1nc(-c2cc[nH]c2)c(C(=O)O)[nH]1. The minimum atomic E-state index is -0.998. The van der Waals surface area contributed by atoms with Crippen LogP contribution in [-0.4, -0.2) is 26.0 Å². The molecule has 2 aromatic heterocycles. The maximum atomic E-state index is 10.8. The van der Waals surface area contributed by atoms with Crippen LogP contribution in [0.5, 0.6) is 0 Å². The molecule has 72 valence electrons. The molecule has 5 nitrogen and oxygen atoms in total. The first-order valence-electron chi connectivity index (χ1n) is 4.11. The van der Waals surface area contributed by atoms with Crippen LogP contribution in [0.3, 0.4) is 0 Å². The van der Waals surface area contributed by atoms with Gasteiger partial charge in [0.1, 0.15) is 11.5 Å². The molecule has 0 saturated carbocycles. The van der Waals surface area contributed by atoms with Crippen molar-refractivity contribution >= 4 is 5.97 Å². The van der Waals surface area contributed by atoms with E-state index < -0.39 is 5.97 Å². The van der Waals surface area contributed by atoms with Crippen molar-refractivity contribution in [3.63, 3.8) is 0 Å². The Kier molecular flexibility index (Phi) is 1.85. The topological polar surface area (TPSA) is 81.8 Å². The maximum absolute atomic E-state index is 10.8. The summed E-state index contributed by atoms with van der Waals surface area (Å²) in [6.45, 7) is 1.72. The Morgan fingerprint density at radius 2 is 2.36 bits per heavy atom. The van der Waals surface area contributed by atoms with E-state index in [2.05, 4.69) is 15.0 Å². The Hall–Kier alpha value is -2.04. The minimum Gasteiger partial charge on any atom is -0.477 e. The number of nitrogens with zero attached hydrogens (tertiary/aromatic N) is 1. The second-order valence-electron chi connectivity index (χ2n) is 2.95. The van der Waals surface area contributed by atoms with Crippen LogP contribution in [0.25, 0.3) is 11.3 Å². The first-order valence-corrected chi connectivity index (χ1v) is 4.11. The van der Waals surface area contributed by atoms with Crippen molar-refractivity contribution in [3.8, 4) is 11.3 Å². The molecule has 3 N–H and O–H groups in total. The van der Waals surface area contributed by atoms with Gasteiger partial charge in [-0.1, -0.05) is 0 Å². The minimum absolute atomic E-state index is 0.127. The highest BCUT2D eigenvalue weighted by molar-refractivity contribution is 5.92. The molecular formula is C9H9N3O2. The van der Waals surface area contributed by atoms with E-state index in [1.807, 2.05) is 0 Å². The summed E-state index contributed by atoms with van der Waals surface area (Å²) in [6, 6.07) is 1.78. The number of H-pyrrole nitrogens is 2. The Morgan fingerprint density at radius 3 is 2.93 bits per heavy atom. The zero-order chi connectivity index (χ0) is 10.1. The molecule has 0 aliphatic rings. The zero-order valence-electron chi connectivity index (χ0n) is 7.53. The first kappa shape index (κ1) is 8.55. The third-order valence-corrected chi connectivity index (χ3v) is 1.91. The van der Waals surface area contributed by atoms with Crippen LogP contribution in [0.4, 0.5) is 0 Å². The molecule has 5 heteroatoms. The fourth-order valence-electron chi connectivity index (χ4n) is 1.33. The van der Waals surface area contributed by atoms with E-state index in [0.717, 1.165) is 5.56 Å². The van der Waals surface area contributed by atoms with E-state index in [1.165, 1.54) is 0 Å². The number of carbonyl (C=O) groups is 1. The molecule has 0 fully saturated rings. The molecule has 14 heavy (non-hydrogen) atoms. The largest absolute Gasteiger partial charge is 0.477 e. The molecule has 0 radical (unpaired) electrons. The Bertz CT molecular complexity index is 456. The predicted molar refractivity (Wildman–Crippen MR) is 50.1 cm³/mol. The van der Waals surface area contributed by atoms with Crippen LogP contribution < -0.4 is 0 Å². The van der Waals surface area contributed by atoms with Gasteiger partial charge in [-0.15, -0.1) is 0 Å². The number of hydrogen-bond acceptors (Lipinski definition) is 2. The van der Waals surface area contributed by atoms with Crippen LogP contribution in [0, 0.1) is 6.92 Å². The van der Waals surface area contributed by atoms with Gasteiger partial charge in [0.15, 0.2) is 5.69 Å². The molecule has 0 aromatic carbocycles. The zero-order valence-corrected chi connectivity index (χ0v) is 7.53. The maximum Gasteiger partial charge on any atom is 0.354 e. The van der Waals surface area contributed by atoms with Crippen molar-refractivity contribution in [1.29, 1.82) is 0 Å². The second kappa shape index (κ2) is 3.02. The van der Waals surface area contributed by atoms with Gasteiger partial charge < -0.3 is 15.1 Å². The predicted octanol–water partition coefficient (Wildman–Crippen LogP) is 1.41. The van der Waals surface area contributed by atoms with Crippen molar-refractivity contribution in [3.05, 3.63) is 30.0 Å².